The number of nitrogens with zero attached hydrogens (tertiary/aromatic N) is 2. The number of aromatic nitrogens is 1. The molecule has 4 rings (SSSR count). The molecule has 1 atom stereocenters. The van der Waals surface area contributed by atoms with Gasteiger partial charge in [0.2, 0.25) is 5.91 Å². The van der Waals surface area contributed by atoms with E-state index in [0.717, 1.165) is 25.1 Å². The molecule has 2 aromatic rings. The molecule has 0 saturated carbocycles. The summed E-state index contributed by atoms with van der Waals surface area (Å²) in [6.07, 6.45) is 8.44. The number of hydrogen-bond acceptors (Lipinski definition) is 5. The van der Waals surface area contributed by atoms with Gasteiger partial charge in [0.25, 0.3) is 0 Å². The van der Waals surface area contributed by atoms with Gasteiger partial charge < -0.3 is 10.1 Å². The van der Waals surface area contributed by atoms with Crippen LogP contribution in [0.4, 0.5) is 0 Å². The predicted molar refractivity (Wildman–Crippen MR) is 102 cm³/mol. The number of carbonyl (C=O) groups excluding carboxylic acids is 1. The number of amides is 1. The fourth-order valence-corrected chi connectivity index (χ4v) is 5.04. The standard InChI is InChI=1S/C20H25N3O2S/c24-20(22-13-16-14-26-18-6-2-1-5-17(16)18)19(15-4-3-7-21-12-15)23-8-10-25-11-9-23/h3-4,7,12,14,19H,1-2,5-6,8-11,13H2,(H,22,24)/t19-/m0/s1. The summed E-state index contributed by atoms with van der Waals surface area (Å²) in [5.41, 5.74) is 3.72. The molecular weight excluding hydrogens is 346 g/mol. The van der Waals surface area contributed by atoms with Crippen molar-refractivity contribution in [3.05, 3.63) is 51.5 Å². The zero-order valence-corrected chi connectivity index (χ0v) is 15.8. The molecule has 0 radical (unpaired) electrons. The Kier molecular flexibility index (Phi) is 5.62. The van der Waals surface area contributed by atoms with Crippen LogP contribution in [-0.4, -0.2) is 42.1 Å². The second-order valence-corrected chi connectivity index (χ2v) is 7.89. The fourth-order valence-electron chi connectivity index (χ4n) is 3.89. The van der Waals surface area contributed by atoms with Gasteiger partial charge in [0.1, 0.15) is 6.04 Å². The van der Waals surface area contributed by atoms with Crippen LogP contribution in [0.15, 0.2) is 29.9 Å². The number of fused-ring (bicyclic) bond motifs is 1. The van der Waals surface area contributed by atoms with Crippen molar-refractivity contribution < 1.29 is 9.53 Å². The van der Waals surface area contributed by atoms with Gasteiger partial charge in [-0.15, -0.1) is 11.3 Å². The zero-order valence-electron chi connectivity index (χ0n) is 14.9. The minimum atomic E-state index is -0.304. The molecule has 138 valence electrons. The van der Waals surface area contributed by atoms with Gasteiger partial charge in [0, 0.05) is 36.9 Å². The number of carbonyl (C=O) groups is 1. The number of nitrogens with one attached hydrogen (secondary N) is 1. The van der Waals surface area contributed by atoms with Gasteiger partial charge in [-0.2, -0.15) is 0 Å². The lowest BCUT2D eigenvalue weighted by Gasteiger charge is -2.33. The number of ether oxygens (including phenoxy) is 1. The van der Waals surface area contributed by atoms with E-state index in [-0.39, 0.29) is 11.9 Å². The van der Waals surface area contributed by atoms with Gasteiger partial charge in [0.05, 0.1) is 13.2 Å². The molecule has 1 amide bonds. The third kappa shape index (κ3) is 3.82. The summed E-state index contributed by atoms with van der Waals surface area (Å²) in [5.74, 6) is 0.0515. The highest BCUT2D eigenvalue weighted by molar-refractivity contribution is 7.10. The quantitative estimate of drug-likeness (QED) is 0.878. The van der Waals surface area contributed by atoms with Gasteiger partial charge in [-0.3, -0.25) is 14.7 Å². The van der Waals surface area contributed by atoms with Gasteiger partial charge in [0.15, 0.2) is 0 Å². The van der Waals surface area contributed by atoms with E-state index in [1.807, 2.05) is 23.5 Å². The summed E-state index contributed by atoms with van der Waals surface area (Å²) in [5, 5.41) is 5.41. The Morgan fingerprint density at radius 2 is 2.15 bits per heavy atom. The molecule has 0 aromatic carbocycles. The Balaban J connectivity index is 1.48. The van der Waals surface area contributed by atoms with Crippen LogP contribution in [0.3, 0.4) is 0 Å². The number of morpholine rings is 1. The maximum absolute atomic E-state index is 13.1. The first-order valence-corrected chi connectivity index (χ1v) is 10.3. The largest absolute Gasteiger partial charge is 0.379 e. The monoisotopic (exact) mass is 371 g/mol. The number of thiophene rings is 1. The molecule has 1 aliphatic heterocycles. The fraction of sp³-hybridized carbons (Fsp3) is 0.500. The smallest absolute Gasteiger partial charge is 0.242 e. The summed E-state index contributed by atoms with van der Waals surface area (Å²) in [7, 11) is 0. The second-order valence-electron chi connectivity index (χ2n) is 6.92. The number of rotatable bonds is 5. The van der Waals surface area contributed by atoms with Crippen LogP contribution in [-0.2, 0) is 28.9 Å². The topological polar surface area (TPSA) is 54.5 Å². The lowest BCUT2D eigenvalue weighted by molar-refractivity contribution is -0.128. The Morgan fingerprint density at radius 1 is 1.31 bits per heavy atom. The maximum atomic E-state index is 13.1. The Labute approximate surface area is 158 Å². The van der Waals surface area contributed by atoms with Crippen LogP contribution in [0.25, 0.3) is 0 Å². The molecule has 1 saturated heterocycles. The van der Waals surface area contributed by atoms with Gasteiger partial charge in [-0.1, -0.05) is 6.07 Å². The Bertz CT molecular complexity index is 741. The third-order valence-corrected chi connectivity index (χ3v) is 6.40. The summed E-state index contributed by atoms with van der Waals surface area (Å²) < 4.78 is 5.46. The normalized spacial score (nSPS) is 18.9. The molecule has 0 spiro atoms. The van der Waals surface area contributed by atoms with Crippen LogP contribution < -0.4 is 5.32 Å². The van der Waals surface area contributed by atoms with E-state index >= 15 is 0 Å². The van der Waals surface area contributed by atoms with E-state index in [1.54, 1.807) is 12.4 Å². The minimum Gasteiger partial charge on any atom is -0.379 e. The summed E-state index contributed by atoms with van der Waals surface area (Å²) in [4.78, 5) is 21.0. The van der Waals surface area contributed by atoms with Gasteiger partial charge in [-0.05, 0) is 53.8 Å². The van der Waals surface area contributed by atoms with Crippen molar-refractivity contribution in [1.82, 2.24) is 15.2 Å². The average Bonchev–Trinajstić information content (AvgIpc) is 3.11. The van der Waals surface area contributed by atoms with Crippen molar-refractivity contribution in [3.8, 4) is 0 Å². The lowest BCUT2D eigenvalue weighted by atomic mass is 9.96. The first kappa shape index (κ1) is 17.6. The van der Waals surface area contributed by atoms with Crippen molar-refractivity contribution in [1.29, 1.82) is 0 Å². The van der Waals surface area contributed by atoms with Crippen LogP contribution in [0, 0.1) is 0 Å². The van der Waals surface area contributed by atoms with Crippen LogP contribution in [0.1, 0.15) is 40.5 Å². The van der Waals surface area contributed by atoms with E-state index in [0.29, 0.717) is 19.8 Å². The number of pyridine rings is 1. The molecule has 26 heavy (non-hydrogen) atoms. The third-order valence-electron chi connectivity index (χ3n) is 5.26. The van der Waals surface area contributed by atoms with Crippen LogP contribution in [0.5, 0.6) is 0 Å². The summed E-state index contributed by atoms with van der Waals surface area (Å²) in [6, 6.07) is 3.58. The maximum Gasteiger partial charge on any atom is 0.242 e. The Hall–Kier alpha value is -1.76. The van der Waals surface area contributed by atoms with Gasteiger partial charge >= 0.3 is 0 Å². The molecular formula is C20H25N3O2S. The molecule has 3 heterocycles. The first-order valence-electron chi connectivity index (χ1n) is 9.40. The highest BCUT2D eigenvalue weighted by Gasteiger charge is 2.29. The molecule has 5 nitrogen and oxygen atoms in total. The Morgan fingerprint density at radius 3 is 2.96 bits per heavy atom. The average molecular weight is 372 g/mol. The number of aryl methyl sites for hydroxylation is 1. The van der Waals surface area contributed by atoms with Crippen molar-refractivity contribution in [2.45, 2.75) is 38.3 Å². The molecule has 6 heteroatoms. The van der Waals surface area contributed by atoms with E-state index in [2.05, 4.69) is 20.6 Å². The van der Waals surface area contributed by atoms with Gasteiger partial charge in [-0.25, -0.2) is 0 Å². The molecule has 1 fully saturated rings. The minimum absolute atomic E-state index is 0.0515. The SMILES string of the molecule is O=C(NCc1csc2c1CCCC2)[C@H](c1cccnc1)N1CCOCC1. The number of hydrogen-bond donors (Lipinski definition) is 1. The molecule has 0 bridgehead atoms. The van der Waals surface area contributed by atoms with E-state index in [9.17, 15) is 4.79 Å². The highest BCUT2D eigenvalue weighted by atomic mass is 32.1. The van der Waals surface area contributed by atoms with E-state index in [1.165, 1.54) is 35.3 Å². The second kappa shape index (κ2) is 8.29. The van der Waals surface area contributed by atoms with Crippen molar-refractivity contribution in [3.63, 3.8) is 0 Å². The molecule has 2 aromatic heterocycles. The van der Waals surface area contributed by atoms with E-state index < -0.39 is 0 Å². The van der Waals surface area contributed by atoms with E-state index in [4.69, 9.17) is 4.74 Å². The molecule has 2 aliphatic rings. The molecule has 1 N–H and O–H groups in total. The van der Waals surface area contributed by atoms with Crippen molar-refractivity contribution >= 4 is 17.2 Å². The van der Waals surface area contributed by atoms with Crippen molar-refractivity contribution in [2.75, 3.05) is 26.3 Å². The zero-order chi connectivity index (χ0) is 17.8. The van der Waals surface area contributed by atoms with Crippen LogP contribution in [0.2, 0.25) is 0 Å². The molecule has 1 aliphatic carbocycles. The predicted octanol–water partition coefficient (Wildman–Crippen LogP) is 2.71. The first-order chi connectivity index (χ1) is 12.8. The van der Waals surface area contributed by atoms with Crippen molar-refractivity contribution in [2.24, 2.45) is 0 Å². The lowest BCUT2D eigenvalue weighted by Crippen LogP contribution is -2.45. The molecule has 0 unspecified atom stereocenters. The van der Waals surface area contributed by atoms with Crippen LogP contribution >= 0.6 is 11.3 Å². The summed E-state index contributed by atoms with van der Waals surface area (Å²) in [6.45, 7) is 3.48. The summed E-state index contributed by atoms with van der Waals surface area (Å²) >= 11 is 1.85. The highest BCUT2D eigenvalue weighted by Crippen LogP contribution is 2.30.